The number of terminal acetylenes is 1. The molecule has 0 saturated carbocycles. The average molecular weight is 264 g/mol. The Labute approximate surface area is 108 Å². The van der Waals surface area contributed by atoms with Gasteiger partial charge in [-0.1, -0.05) is 5.92 Å². The SMILES string of the molecule is C#CC(C)NS(=O)(=O)c1ccc2c(c1)CCCN2. The highest BCUT2D eigenvalue weighted by atomic mass is 32.2. The Morgan fingerprint density at radius 1 is 1.50 bits per heavy atom. The van der Waals surface area contributed by atoms with E-state index in [-0.39, 0.29) is 4.90 Å². The number of hydrogen-bond acceptors (Lipinski definition) is 3. The first-order chi connectivity index (χ1) is 8.53. The molecule has 0 fully saturated rings. The van der Waals surface area contributed by atoms with Gasteiger partial charge in [0.25, 0.3) is 0 Å². The minimum atomic E-state index is -3.53. The van der Waals surface area contributed by atoms with Gasteiger partial charge in [-0.25, -0.2) is 8.42 Å². The van der Waals surface area contributed by atoms with Gasteiger partial charge in [-0.15, -0.1) is 6.42 Å². The lowest BCUT2D eigenvalue weighted by Gasteiger charge is -2.19. The molecular formula is C13H16N2O2S. The summed E-state index contributed by atoms with van der Waals surface area (Å²) in [5.41, 5.74) is 2.06. The maximum atomic E-state index is 12.1. The molecule has 0 spiro atoms. The van der Waals surface area contributed by atoms with E-state index in [1.807, 2.05) is 6.07 Å². The molecule has 1 aliphatic heterocycles. The fourth-order valence-electron chi connectivity index (χ4n) is 1.95. The summed E-state index contributed by atoms with van der Waals surface area (Å²) in [4.78, 5) is 0.270. The lowest BCUT2D eigenvalue weighted by atomic mass is 10.0. The van der Waals surface area contributed by atoms with Crippen molar-refractivity contribution in [2.24, 2.45) is 0 Å². The summed E-state index contributed by atoms with van der Waals surface area (Å²) in [5.74, 6) is 2.35. The first-order valence-electron chi connectivity index (χ1n) is 5.88. The average Bonchev–Trinajstić information content (AvgIpc) is 2.37. The fraction of sp³-hybridized carbons (Fsp3) is 0.385. The van der Waals surface area contributed by atoms with Crippen LogP contribution in [0, 0.1) is 12.3 Å². The summed E-state index contributed by atoms with van der Waals surface area (Å²) in [6.45, 7) is 2.57. The number of benzene rings is 1. The van der Waals surface area contributed by atoms with Crippen molar-refractivity contribution < 1.29 is 8.42 Å². The number of fused-ring (bicyclic) bond motifs is 1. The summed E-state index contributed by atoms with van der Waals surface area (Å²) in [7, 11) is -3.53. The van der Waals surface area contributed by atoms with Crippen LogP contribution in [0.2, 0.25) is 0 Å². The van der Waals surface area contributed by atoms with Crippen LogP contribution < -0.4 is 10.0 Å². The Bertz CT molecular complexity index is 587. The minimum Gasteiger partial charge on any atom is -0.385 e. The van der Waals surface area contributed by atoms with Crippen LogP contribution in [0.4, 0.5) is 5.69 Å². The van der Waals surface area contributed by atoms with Gasteiger partial charge >= 0.3 is 0 Å². The lowest BCUT2D eigenvalue weighted by Crippen LogP contribution is -2.31. The number of sulfonamides is 1. The third-order valence-electron chi connectivity index (χ3n) is 2.91. The second-order valence-corrected chi connectivity index (χ2v) is 6.07. The molecule has 0 radical (unpaired) electrons. The summed E-state index contributed by atoms with van der Waals surface area (Å²) in [5, 5.41) is 3.25. The molecule has 0 aliphatic carbocycles. The molecule has 0 saturated heterocycles. The van der Waals surface area contributed by atoms with Crippen molar-refractivity contribution in [2.45, 2.75) is 30.7 Å². The minimum absolute atomic E-state index is 0.270. The summed E-state index contributed by atoms with van der Waals surface area (Å²) in [6, 6.07) is 4.61. The van der Waals surface area contributed by atoms with Crippen LogP contribution in [-0.2, 0) is 16.4 Å². The highest BCUT2D eigenvalue weighted by Crippen LogP contribution is 2.24. The van der Waals surface area contributed by atoms with E-state index < -0.39 is 16.1 Å². The zero-order valence-electron chi connectivity index (χ0n) is 10.2. The molecule has 2 N–H and O–H groups in total. The maximum absolute atomic E-state index is 12.1. The quantitative estimate of drug-likeness (QED) is 0.810. The Balaban J connectivity index is 2.31. The van der Waals surface area contributed by atoms with Crippen molar-refractivity contribution in [1.29, 1.82) is 0 Å². The van der Waals surface area contributed by atoms with E-state index in [1.165, 1.54) is 0 Å². The van der Waals surface area contributed by atoms with Gasteiger partial charge in [0, 0.05) is 12.2 Å². The Kier molecular flexibility index (Phi) is 3.60. The molecule has 1 aromatic carbocycles. The van der Waals surface area contributed by atoms with Gasteiger partial charge in [-0.05, 0) is 43.5 Å². The lowest BCUT2D eigenvalue weighted by molar-refractivity contribution is 0.577. The molecule has 4 nitrogen and oxygen atoms in total. The summed E-state index contributed by atoms with van der Waals surface area (Å²) < 4.78 is 26.6. The van der Waals surface area contributed by atoms with E-state index in [2.05, 4.69) is 16.0 Å². The fourth-order valence-corrected chi connectivity index (χ4v) is 3.17. The molecule has 0 amide bonds. The van der Waals surface area contributed by atoms with Crippen LogP contribution in [0.1, 0.15) is 18.9 Å². The second kappa shape index (κ2) is 5.01. The molecule has 2 rings (SSSR count). The molecule has 1 aliphatic rings. The second-order valence-electron chi connectivity index (χ2n) is 4.36. The molecule has 1 unspecified atom stereocenters. The van der Waals surface area contributed by atoms with Crippen molar-refractivity contribution in [2.75, 3.05) is 11.9 Å². The van der Waals surface area contributed by atoms with Gasteiger partial charge in [0.15, 0.2) is 0 Å². The van der Waals surface area contributed by atoms with Crippen molar-refractivity contribution in [1.82, 2.24) is 4.72 Å². The predicted octanol–water partition coefficient (Wildman–Crippen LogP) is 1.34. The topological polar surface area (TPSA) is 58.2 Å². The van der Waals surface area contributed by atoms with Gasteiger partial charge in [-0.2, -0.15) is 4.72 Å². The van der Waals surface area contributed by atoms with Gasteiger partial charge in [0.1, 0.15) is 0 Å². The van der Waals surface area contributed by atoms with Gasteiger partial charge in [0.05, 0.1) is 10.9 Å². The van der Waals surface area contributed by atoms with Crippen LogP contribution in [0.15, 0.2) is 23.1 Å². The monoisotopic (exact) mass is 264 g/mol. The van der Waals surface area contributed by atoms with E-state index in [0.29, 0.717) is 0 Å². The standard InChI is InChI=1S/C13H16N2O2S/c1-3-10(2)15-18(16,17)12-6-7-13-11(9-12)5-4-8-14-13/h1,6-7,9-10,14-15H,4-5,8H2,2H3. The molecule has 1 heterocycles. The molecule has 18 heavy (non-hydrogen) atoms. The Hall–Kier alpha value is -1.51. The summed E-state index contributed by atoms with van der Waals surface area (Å²) in [6.07, 6.45) is 7.10. The van der Waals surface area contributed by atoms with Crippen LogP contribution in [0.3, 0.4) is 0 Å². The van der Waals surface area contributed by atoms with Gasteiger partial charge in [-0.3, -0.25) is 0 Å². The number of nitrogens with one attached hydrogen (secondary N) is 2. The van der Waals surface area contributed by atoms with E-state index in [4.69, 9.17) is 6.42 Å². The molecule has 1 aromatic rings. The third-order valence-corrected chi connectivity index (χ3v) is 4.45. The highest BCUT2D eigenvalue weighted by molar-refractivity contribution is 7.89. The van der Waals surface area contributed by atoms with Gasteiger partial charge < -0.3 is 5.32 Å². The van der Waals surface area contributed by atoms with E-state index in [1.54, 1.807) is 19.1 Å². The molecule has 0 aromatic heterocycles. The van der Waals surface area contributed by atoms with Crippen LogP contribution in [0.5, 0.6) is 0 Å². The molecule has 96 valence electrons. The van der Waals surface area contributed by atoms with Crippen LogP contribution >= 0.6 is 0 Å². The zero-order valence-corrected chi connectivity index (χ0v) is 11.0. The highest BCUT2D eigenvalue weighted by Gasteiger charge is 2.18. The zero-order chi connectivity index (χ0) is 13.2. The van der Waals surface area contributed by atoms with Gasteiger partial charge in [0.2, 0.25) is 10.0 Å². The third kappa shape index (κ3) is 2.66. The molecular weight excluding hydrogens is 248 g/mol. The predicted molar refractivity (Wildman–Crippen MR) is 71.9 cm³/mol. The first kappa shape index (κ1) is 12.9. The number of anilines is 1. The normalized spacial score (nSPS) is 16.2. The molecule has 1 atom stereocenters. The maximum Gasteiger partial charge on any atom is 0.241 e. The van der Waals surface area contributed by atoms with Crippen molar-refractivity contribution in [3.8, 4) is 12.3 Å². The first-order valence-corrected chi connectivity index (χ1v) is 7.36. The number of aryl methyl sites for hydroxylation is 1. The Morgan fingerprint density at radius 2 is 2.28 bits per heavy atom. The molecule has 5 heteroatoms. The van der Waals surface area contributed by atoms with Crippen molar-refractivity contribution >= 4 is 15.7 Å². The Morgan fingerprint density at radius 3 is 3.00 bits per heavy atom. The molecule has 0 bridgehead atoms. The summed E-state index contributed by atoms with van der Waals surface area (Å²) >= 11 is 0. The van der Waals surface area contributed by atoms with E-state index in [0.717, 1.165) is 30.6 Å². The van der Waals surface area contributed by atoms with Crippen molar-refractivity contribution in [3.63, 3.8) is 0 Å². The number of rotatable bonds is 3. The van der Waals surface area contributed by atoms with Crippen LogP contribution in [-0.4, -0.2) is 21.0 Å². The largest absolute Gasteiger partial charge is 0.385 e. The van der Waals surface area contributed by atoms with E-state index >= 15 is 0 Å². The van der Waals surface area contributed by atoms with Crippen molar-refractivity contribution in [3.05, 3.63) is 23.8 Å². The van der Waals surface area contributed by atoms with Crippen LogP contribution in [0.25, 0.3) is 0 Å². The smallest absolute Gasteiger partial charge is 0.241 e. The van der Waals surface area contributed by atoms with E-state index in [9.17, 15) is 8.42 Å². The number of hydrogen-bond donors (Lipinski definition) is 2.